The molecule has 1 unspecified atom stereocenters. The molecule has 10 heavy (non-hydrogen) atoms. The van der Waals surface area contributed by atoms with Crippen LogP contribution >= 0.6 is 0 Å². The summed E-state index contributed by atoms with van der Waals surface area (Å²) in [5.41, 5.74) is 0. The molecule has 0 aliphatic carbocycles. The molecule has 0 radical (unpaired) electrons. The summed E-state index contributed by atoms with van der Waals surface area (Å²) in [4.78, 5) is 12.3. The number of likely N-dealkylation sites (N-methyl/N-ethyl adjacent to an activating group) is 1. The quantitative estimate of drug-likeness (QED) is 0.555. The molecule has 0 aromatic heterocycles. The minimum absolute atomic E-state index is 0.447. The minimum Gasteiger partial charge on any atom is -0.341 e. The molecule has 0 aromatic carbocycles. The highest BCUT2D eigenvalue weighted by molar-refractivity contribution is 5.48. The molecule has 1 aliphatic heterocycles. The molecule has 1 saturated heterocycles. The summed E-state index contributed by atoms with van der Waals surface area (Å²) < 4.78 is 0. The van der Waals surface area contributed by atoms with Gasteiger partial charge in [-0.25, -0.2) is 0 Å². The molecule has 58 valence electrons. The smallest absolute Gasteiger partial charge is 0.209 e. The van der Waals surface area contributed by atoms with Crippen LogP contribution in [0.4, 0.5) is 0 Å². The molecule has 1 amide bonds. The first-order chi connectivity index (χ1) is 4.88. The second kappa shape index (κ2) is 3.56. The summed E-state index contributed by atoms with van der Waals surface area (Å²) in [6.45, 7) is 1.87. The van der Waals surface area contributed by atoms with Gasteiger partial charge in [-0.3, -0.25) is 4.79 Å². The van der Waals surface area contributed by atoms with E-state index in [1.807, 2.05) is 11.9 Å². The Balaban J connectivity index is 2.34. The zero-order chi connectivity index (χ0) is 7.40. The predicted octanol–water partition coefficient (Wildman–Crippen LogP) is -0.173. The Morgan fingerprint density at radius 2 is 2.60 bits per heavy atom. The van der Waals surface area contributed by atoms with Gasteiger partial charge in [0.25, 0.3) is 0 Å². The van der Waals surface area contributed by atoms with E-state index >= 15 is 0 Å². The third-order valence-electron chi connectivity index (χ3n) is 2.00. The third kappa shape index (κ3) is 1.48. The van der Waals surface area contributed by atoms with Gasteiger partial charge < -0.3 is 10.2 Å². The van der Waals surface area contributed by atoms with Crippen molar-refractivity contribution in [1.82, 2.24) is 10.2 Å². The van der Waals surface area contributed by atoms with Gasteiger partial charge >= 0.3 is 0 Å². The average Bonchev–Trinajstić information content (AvgIpc) is 2.36. The number of rotatable bonds is 3. The number of likely N-dealkylation sites (tertiary alicyclic amines) is 1. The standard InChI is InChI=1S/C7H14N2O/c1-8-5-7-3-2-4-9(7)6-10/h6-8H,2-5H2,1H3. The van der Waals surface area contributed by atoms with Crippen LogP contribution in [0.15, 0.2) is 0 Å². The van der Waals surface area contributed by atoms with Crippen LogP contribution in [-0.4, -0.2) is 37.5 Å². The van der Waals surface area contributed by atoms with Crippen molar-refractivity contribution in [3.63, 3.8) is 0 Å². The fraction of sp³-hybridized carbons (Fsp3) is 0.857. The largest absolute Gasteiger partial charge is 0.341 e. The number of hydrogen-bond acceptors (Lipinski definition) is 2. The fourth-order valence-electron chi connectivity index (χ4n) is 1.45. The number of nitrogens with zero attached hydrogens (tertiary/aromatic N) is 1. The van der Waals surface area contributed by atoms with Crippen molar-refractivity contribution in [1.29, 1.82) is 0 Å². The van der Waals surface area contributed by atoms with Gasteiger partial charge in [0, 0.05) is 19.1 Å². The molecule has 0 aromatic rings. The molecule has 3 heteroatoms. The Morgan fingerprint density at radius 3 is 3.20 bits per heavy atom. The molecule has 0 saturated carbocycles. The summed E-state index contributed by atoms with van der Waals surface area (Å²) in [5.74, 6) is 0. The minimum atomic E-state index is 0.447. The van der Waals surface area contributed by atoms with E-state index in [1.165, 1.54) is 0 Å². The van der Waals surface area contributed by atoms with E-state index in [-0.39, 0.29) is 0 Å². The molecule has 1 rings (SSSR count). The molecule has 3 nitrogen and oxygen atoms in total. The average molecular weight is 142 g/mol. The Bertz CT molecular complexity index is 116. The van der Waals surface area contributed by atoms with E-state index in [1.54, 1.807) is 0 Å². The van der Waals surface area contributed by atoms with Crippen LogP contribution < -0.4 is 5.32 Å². The Kier molecular flexibility index (Phi) is 2.68. The van der Waals surface area contributed by atoms with Crippen LogP contribution in [0.25, 0.3) is 0 Å². The van der Waals surface area contributed by atoms with Crippen LogP contribution in [0.1, 0.15) is 12.8 Å². The van der Waals surface area contributed by atoms with Crippen molar-refractivity contribution in [3.8, 4) is 0 Å². The predicted molar refractivity (Wildman–Crippen MR) is 39.7 cm³/mol. The van der Waals surface area contributed by atoms with Crippen molar-refractivity contribution < 1.29 is 4.79 Å². The molecular formula is C7H14N2O. The van der Waals surface area contributed by atoms with Crippen molar-refractivity contribution >= 4 is 6.41 Å². The van der Waals surface area contributed by atoms with Gasteiger partial charge in [0.1, 0.15) is 0 Å². The number of carbonyl (C=O) groups is 1. The summed E-state index contributed by atoms with van der Waals surface area (Å²) in [6.07, 6.45) is 3.26. The lowest BCUT2D eigenvalue weighted by Crippen LogP contribution is -2.35. The molecule has 0 bridgehead atoms. The maximum Gasteiger partial charge on any atom is 0.209 e. The zero-order valence-electron chi connectivity index (χ0n) is 6.34. The van der Waals surface area contributed by atoms with Crippen LogP contribution in [0.5, 0.6) is 0 Å². The van der Waals surface area contributed by atoms with Crippen molar-refractivity contribution in [2.75, 3.05) is 20.1 Å². The first kappa shape index (κ1) is 7.54. The molecule has 1 N–H and O–H groups in total. The van der Waals surface area contributed by atoms with Crippen LogP contribution in [0, 0.1) is 0 Å². The first-order valence-corrected chi connectivity index (χ1v) is 3.74. The molecule has 1 fully saturated rings. The van der Waals surface area contributed by atoms with Gasteiger partial charge in [-0.15, -0.1) is 0 Å². The van der Waals surface area contributed by atoms with Gasteiger partial charge in [0.05, 0.1) is 0 Å². The van der Waals surface area contributed by atoms with Gasteiger partial charge in [-0.1, -0.05) is 0 Å². The van der Waals surface area contributed by atoms with Gasteiger partial charge in [0.15, 0.2) is 0 Å². The Hall–Kier alpha value is -0.570. The van der Waals surface area contributed by atoms with E-state index in [0.717, 1.165) is 32.3 Å². The van der Waals surface area contributed by atoms with Crippen LogP contribution in [0.2, 0.25) is 0 Å². The van der Waals surface area contributed by atoms with E-state index in [4.69, 9.17) is 0 Å². The van der Waals surface area contributed by atoms with E-state index in [9.17, 15) is 4.79 Å². The van der Waals surface area contributed by atoms with E-state index in [0.29, 0.717) is 6.04 Å². The summed E-state index contributed by atoms with van der Waals surface area (Å²) >= 11 is 0. The lowest BCUT2D eigenvalue weighted by atomic mass is 10.2. The lowest BCUT2D eigenvalue weighted by molar-refractivity contribution is -0.118. The van der Waals surface area contributed by atoms with Crippen molar-refractivity contribution in [2.24, 2.45) is 0 Å². The third-order valence-corrected chi connectivity index (χ3v) is 2.00. The SMILES string of the molecule is CNCC1CCCN1C=O. The highest BCUT2D eigenvalue weighted by atomic mass is 16.1. The van der Waals surface area contributed by atoms with Gasteiger partial charge in [-0.2, -0.15) is 0 Å². The Morgan fingerprint density at radius 1 is 1.80 bits per heavy atom. The Labute approximate surface area is 61.4 Å². The van der Waals surface area contributed by atoms with Crippen molar-refractivity contribution in [3.05, 3.63) is 0 Å². The second-order valence-electron chi connectivity index (χ2n) is 2.70. The highest BCUT2D eigenvalue weighted by Gasteiger charge is 2.21. The number of amides is 1. The van der Waals surface area contributed by atoms with E-state index < -0.39 is 0 Å². The zero-order valence-corrected chi connectivity index (χ0v) is 6.34. The molecule has 1 atom stereocenters. The molecular weight excluding hydrogens is 128 g/mol. The lowest BCUT2D eigenvalue weighted by Gasteiger charge is -2.18. The molecule has 0 spiro atoms. The monoisotopic (exact) mass is 142 g/mol. The molecule has 1 aliphatic rings. The maximum atomic E-state index is 10.4. The van der Waals surface area contributed by atoms with Gasteiger partial charge in [0.2, 0.25) is 6.41 Å². The summed E-state index contributed by atoms with van der Waals surface area (Å²) in [7, 11) is 1.92. The number of nitrogens with one attached hydrogen (secondary N) is 1. The highest BCUT2D eigenvalue weighted by Crippen LogP contribution is 2.13. The first-order valence-electron chi connectivity index (χ1n) is 3.74. The normalized spacial score (nSPS) is 25.3. The van der Waals surface area contributed by atoms with E-state index in [2.05, 4.69) is 5.32 Å². The van der Waals surface area contributed by atoms with Crippen molar-refractivity contribution in [2.45, 2.75) is 18.9 Å². The number of carbonyl (C=O) groups excluding carboxylic acids is 1. The second-order valence-corrected chi connectivity index (χ2v) is 2.70. The summed E-state index contributed by atoms with van der Waals surface area (Å²) in [5, 5.41) is 3.07. The molecule has 1 heterocycles. The maximum absolute atomic E-state index is 10.4. The van der Waals surface area contributed by atoms with Gasteiger partial charge in [-0.05, 0) is 19.9 Å². The van der Waals surface area contributed by atoms with Crippen LogP contribution in [-0.2, 0) is 4.79 Å². The fourth-order valence-corrected chi connectivity index (χ4v) is 1.45. The summed E-state index contributed by atoms with van der Waals surface area (Å²) in [6, 6.07) is 0.447. The van der Waals surface area contributed by atoms with Crippen LogP contribution in [0.3, 0.4) is 0 Å². The topological polar surface area (TPSA) is 32.3 Å². The number of hydrogen-bond donors (Lipinski definition) is 1.